The summed E-state index contributed by atoms with van der Waals surface area (Å²) in [6.45, 7) is 6.59. The Balaban J connectivity index is 1.65. The summed E-state index contributed by atoms with van der Waals surface area (Å²) in [6, 6.07) is 9.50. The molecule has 2 heterocycles. The summed E-state index contributed by atoms with van der Waals surface area (Å²) < 4.78 is 32.3. The van der Waals surface area contributed by atoms with Crippen LogP contribution < -0.4 is 4.90 Å². The van der Waals surface area contributed by atoms with E-state index in [1.165, 1.54) is 4.31 Å². The fraction of sp³-hybridized carbons (Fsp3) is 0.524. The predicted octanol–water partition coefficient (Wildman–Crippen LogP) is 1.40. The van der Waals surface area contributed by atoms with Gasteiger partial charge in [0.25, 0.3) is 0 Å². The highest BCUT2D eigenvalue weighted by molar-refractivity contribution is 7.89. The number of piperazine rings is 1. The molecule has 1 N–H and O–H groups in total. The Bertz CT molecular complexity index is 965. The number of sulfonamides is 1. The van der Waals surface area contributed by atoms with E-state index in [1.807, 2.05) is 42.2 Å². The molecule has 1 fully saturated rings. The number of aryl methyl sites for hydroxylation is 2. The summed E-state index contributed by atoms with van der Waals surface area (Å²) in [5.74, 6) is 0.172. The van der Waals surface area contributed by atoms with Crippen LogP contribution in [0.1, 0.15) is 24.8 Å². The molecule has 1 unspecified atom stereocenters. The molecule has 9 nitrogen and oxygen atoms in total. The van der Waals surface area contributed by atoms with Crippen molar-refractivity contribution >= 4 is 21.6 Å². The van der Waals surface area contributed by atoms with Gasteiger partial charge in [0.05, 0.1) is 12.6 Å². The zero-order chi connectivity index (χ0) is 22.6. The normalized spacial score (nSPS) is 16.3. The average molecular weight is 451 g/mol. The van der Waals surface area contributed by atoms with Crippen LogP contribution in [0, 0.1) is 13.8 Å². The molecular weight excluding hydrogens is 420 g/mol. The van der Waals surface area contributed by atoms with Crippen LogP contribution in [0.3, 0.4) is 0 Å². The Kier molecular flexibility index (Phi) is 7.34. The lowest BCUT2D eigenvalue weighted by molar-refractivity contribution is -0.130. The largest absolute Gasteiger partial charge is 0.391 e. The molecule has 0 spiro atoms. The first-order valence-corrected chi connectivity index (χ1v) is 11.9. The molecule has 2 aromatic rings. The molecule has 1 aromatic heterocycles. The van der Waals surface area contributed by atoms with Gasteiger partial charge in [-0.1, -0.05) is 30.3 Å². The minimum atomic E-state index is -3.72. The molecule has 170 valence electrons. The van der Waals surface area contributed by atoms with Crippen LogP contribution in [-0.4, -0.2) is 79.2 Å². The molecule has 1 aliphatic rings. The van der Waals surface area contributed by atoms with E-state index < -0.39 is 16.1 Å². The van der Waals surface area contributed by atoms with Crippen LogP contribution in [-0.2, 0) is 14.8 Å². The van der Waals surface area contributed by atoms with Crippen molar-refractivity contribution in [2.75, 3.05) is 44.2 Å². The third kappa shape index (κ3) is 5.25. The molecular formula is C21H30N4O5S. The van der Waals surface area contributed by atoms with E-state index in [-0.39, 0.29) is 36.2 Å². The quantitative estimate of drug-likeness (QED) is 0.648. The predicted molar refractivity (Wildman–Crippen MR) is 116 cm³/mol. The summed E-state index contributed by atoms with van der Waals surface area (Å²) in [5.41, 5.74) is 1.20. The standard InChI is InChI=1S/C21H30N4O5S/c1-4-19(26)14-24(18-8-6-5-7-9-18)15-20(27)23-10-12-25(13-11-23)31(28,29)21-16(2)22-30-17(21)3/h5-9,19,26H,4,10-15H2,1-3H3. The topological polar surface area (TPSA) is 107 Å². The summed E-state index contributed by atoms with van der Waals surface area (Å²) in [7, 11) is -3.72. The van der Waals surface area contributed by atoms with Crippen molar-refractivity contribution in [2.24, 2.45) is 0 Å². The molecule has 0 saturated carbocycles. The van der Waals surface area contributed by atoms with E-state index in [4.69, 9.17) is 4.52 Å². The fourth-order valence-electron chi connectivity index (χ4n) is 3.70. The van der Waals surface area contributed by atoms with Gasteiger partial charge < -0.3 is 19.4 Å². The number of hydrogen-bond acceptors (Lipinski definition) is 7. The number of amides is 1. The number of carbonyl (C=O) groups excluding carboxylic acids is 1. The van der Waals surface area contributed by atoms with Gasteiger partial charge in [-0.3, -0.25) is 4.79 Å². The highest BCUT2D eigenvalue weighted by Crippen LogP contribution is 2.24. The van der Waals surface area contributed by atoms with E-state index in [9.17, 15) is 18.3 Å². The number of benzene rings is 1. The molecule has 1 atom stereocenters. The minimum Gasteiger partial charge on any atom is -0.391 e. The highest BCUT2D eigenvalue weighted by Gasteiger charge is 2.34. The van der Waals surface area contributed by atoms with E-state index in [0.717, 1.165) is 5.69 Å². The lowest BCUT2D eigenvalue weighted by Gasteiger charge is -2.35. The van der Waals surface area contributed by atoms with Gasteiger partial charge in [-0.2, -0.15) is 4.31 Å². The van der Waals surface area contributed by atoms with E-state index >= 15 is 0 Å². The maximum absolute atomic E-state index is 13.0. The van der Waals surface area contributed by atoms with Gasteiger partial charge in [0.15, 0.2) is 5.76 Å². The Labute approximate surface area is 183 Å². The zero-order valence-electron chi connectivity index (χ0n) is 18.2. The van der Waals surface area contributed by atoms with Gasteiger partial charge in [0.1, 0.15) is 10.6 Å². The molecule has 3 rings (SSSR count). The van der Waals surface area contributed by atoms with Crippen LogP contribution in [0.15, 0.2) is 39.8 Å². The average Bonchev–Trinajstić information content (AvgIpc) is 3.12. The van der Waals surface area contributed by atoms with Crippen molar-refractivity contribution in [3.05, 3.63) is 41.8 Å². The summed E-state index contributed by atoms with van der Waals surface area (Å²) >= 11 is 0. The first-order valence-electron chi connectivity index (χ1n) is 10.4. The molecule has 31 heavy (non-hydrogen) atoms. The van der Waals surface area contributed by atoms with Crippen LogP contribution in [0.5, 0.6) is 0 Å². The Morgan fingerprint density at radius 3 is 2.39 bits per heavy atom. The number of hydrogen-bond donors (Lipinski definition) is 1. The smallest absolute Gasteiger partial charge is 0.248 e. The van der Waals surface area contributed by atoms with E-state index in [1.54, 1.807) is 18.7 Å². The van der Waals surface area contributed by atoms with Crippen LogP contribution >= 0.6 is 0 Å². The number of aromatic nitrogens is 1. The molecule has 1 amide bonds. The molecule has 0 bridgehead atoms. The van der Waals surface area contributed by atoms with Crippen molar-refractivity contribution < 1.29 is 22.8 Å². The molecule has 0 aliphatic carbocycles. The van der Waals surface area contributed by atoms with Gasteiger partial charge in [-0.25, -0.2) is 8.42 Å². The number of carbonyl (C=O) groups is 1. The maximum Gasteiger partial charge on any atom is 0.248 e. The molecule has 1 aliphatic heterocycles. The minimum absolute atomic E-state index is 0.0958. The lowest BCUT2D eigenvalue weighted by atomic mass is 10.2. The molecule has 10 heteroatoms. The SMILES string of the molecule is CCC(O)CN(CC(=O)N1CCN(S(=O)(=O)c2c(C)noc2C)CC1)c1ccccc1. The second-order valence-corrected chi connectivity index (χ2v) is 9.59. The van der Waals surface area contributed by atoms with Crippen LogP contribution in [0.2, 0.25) is 0 Å². The van der Waals surface area contributed by atoms with Gasteiger partial charge in [-0.05, 0) is 32.4 Å². The third-order valence-corrected chi connectivity index (χ3v) is 7.65. The second-order valence-electron chi connectivity index (χ2n) is 7.72. The first kappa shape index (κ1) is 23.2. The monoisotopic (exact) mass is 450 g/mol. The van der Waals surface area contributed by atoms with Crippen molar-refractivity contribution in [1.82, 2.24) is 14.4 Å². The van der Waals surface area contributed by atoms with Gasteiger partial charge >= 0.3 is 0 Å². The van der Waals surface area contributed by atoms with Gasteiger partial charge in [0, 0.05) is 38.4 Å². The zero-order valence-corrected chi connectivity index (χ0v) is 19.0. The number of anilines is 1. The number of nitrogens with zero attached hydrogens (tertiary/aromatic N) is 4. The summed E-state index contributed by atoms with van der Waals surface area (Å²) in [4.78, 5) is 16.6. The summed E-state index contributed by atoms with van der Waals surface area (Å²) in [5, 5.41) is 13.9. The lowest BCUT2D eigenvalue weighted by Crippen LogP contribution is -2.53. The molecule has 1 saturated heterocycles. The fourth-order valence-corrected chi connectivity index (χ4v) is 5.41. The number of rotatable bonds is 8. The molecule has 0 radical (unpaired) electrons. The Morgan fingerprint density at radius 2 is 1.84 bits per heavy atom. The Morgan fingerprint density at radius 1 is 1.19 bits per heavy atom. The van der Waals surface area contributed by atoms with Crippen LogP contribution in [0.25, 0.3) is 0 Å². The van der Waals surface area contributed by atoms with E-state index in [2.05, 4.69) is 5.16 Å². The number of aliphatic hydroxyl groups is 1. The van der Waals surface area contributed by atoms with Crippen molar-refractivity contribution in [2.45, 2.75) is 38.2 Å². The second kappa shape index (κ2) is 9.80. The highest BCUT2D eigenvalue weighted by atomic mass is 32.2. The van der Waals surface area contributed by atoms with E-state index in [0.29, 0.717) is 31.7 Å². The van der Waals surface area contributed by atoms with Crippen molar-refractivity contribution in [3.8, 4) is 0 Å². The third-order valence-electron chi connectivity index (χ3n) is 5.51. The van der Waals surface area contributed by atoms with Crippen molar-refractivity contribution in [3.63, 3.8) is 0 Å². The summed E-state index contributed by atoms with van der Waals surface area (Å²) in [6.07, 6.45) is 0.0560. The first-order chi connectivity index (χ1) is 14.7. The number of aliphatic hydroxyl groups excluding tert-OH is 1. The van der Waals surface area contributed by atoms with Gasteiger partial charge in [-0.15, -0.1) is 0 Å². The Hall–Kier alpha value is -2.43. The maximum atomic E-state index is 13.0. The number of para-hydroxylation sites is 1. The van der Waals surface area contributed by atoms with Crippen LogP contribution in [0.4, 0.5) is 5.69 Å². The molecule has 1 aromatic carbocycles. The van der Waals surface area contributed by atoms with Crippen molar-refractivity contribution in [1.29, 1.82) is 0 Å². The van der Waals surface area contributed by atoms with Gasteiger partial charge in [0.2, 0.25) is 15.9 Å².